The number of hydrogen-bond donors (Lipinski definition) is 1. The minimum absolute atomic E-state index is 0. The SMILES string of the molecule is CCNC(=NCc1nc(C(C)OCC)no1)N(C)Cc1cn(C)nc1C(C)C.I. The van der Waals surface area contributed by atoms with Crippen molar-refractivity contribution >= 4 is 29.9 Å². The van der Waals surface area contributed by atoms with E-state index in [2.05, 4.69) is 50.5 Å². The first kappa shape index (κ1) is 25.3. The van der Waals surface area contributed by atoms with Crippen LogP contribution in [-0.2, 0) is 24.9 Å². The van der Waals surface area contributed by atoms with Crippen LogP contribution in [0.1, 0.15) is 69.6 Å². The van der Waals surface area contributed by atoms with Gasteiger partial charge in [-0.25, -0.2) is 4.99 Å². The van der Waals surface area contributed by atoms with Crippen LogP contribution in [0.5, 0.6) is 0 Å². The molecule has 0 spiro atoms. The molecule has 0 radical (unpaired) electrons. The van der Waals surface area contributed by atoms with E-state index in [1.807, 2.05) is 39.5 Å². The molecule has 0 saturated carbocycles. The zero-order valence-corrected chi connectivity index (χ0v) is 20.8. The molecule has 0 aromatic carbocycles. The molecule has 29 heavy (non-hydrogen) atoms. The quantitative estimate of drug-likeness (QED) is 0.309. The predicted molar refractivity (Wildman–Crippen MR) is 123 cm³/mol. The molecule has 0 aliphatic heterocycles. The molecule has 9 nitrogen and oxygen atoms in total. The Morgan fingerprint density at radius 2 is 2.07 bits per heavy atom. The molecule has 164 valence electrons. The number of nitrogens with zero attached hydrogens (tertiary/aromatic N) is 6. The van der Waals surface area contributed by atoms with Gasteiger partial charge >= 0.3 is 0 Å². The molecule has 0 aliphatic rings. The highest BCUT2D eigenvalue weighted by Crippen LogP contribution is 2.19. The number of guanidine groups is 1. The van der Waals surface area contributed by atoms with E-state index in [9.17, 15) is 0 Å². The Balaban J connectivity index is 0.00000420. The lowest BCUT2D eigenvalue weighted by Crippen LogP contribution is -2.38. The number of aromatic nitrogens is 4. The van der Waals surface area contributed by atoms with Gasteiger partial charge in [0.1, 0.15) is 12.6 Å². The molecule has 1 N–H and O–H groups in total. The normalized spacial score (nSPS) is 12.8. The van der Waals surface area contributed by atoms with E-state index in [-0.39, 0.29) is 30.1 Å². The average molecular weight is 519 g/mol. The summed E-state index contributed by atoms with van der Waals surface area (Å²) in [6, 6.07) is 0. The molecular weight excluding hydrogens is 485 g/mol. The number of rotatable bonds is 9. The average Bonchev–Trinajstić information content (AvgIpc) is 3.25. The highest BCUT2D eigenvalue weighted by atomic mass is 127. The van der Waals surface area contributed by atoms with Crippen molar-refractivity contribution in [2.24, 2.45) is 12.0 Å². The van der Waals surface area contributed by atoms with Crippen LogP contribution in [0, 0.1) is 0 Å². The summed E-state index contributed by atoms with van der Waals surface area (Å²) in [5, 5.41) is 11.9. The van der Waals surface area contributed by atoms with Crippen LogP contribution in [0.2, 0.25) is 0 Å². The molecule has 2 aromatic rings. The maximum Gasteiger partial charge on any atom is 0.248 e. The summed E-state index contributed by atoms with van der Waals surface area (Å²) in [5.41, 5.74) is 2.30. The van der Waals surface area contributed by atoms with Crippen molar-refractivity contribution in [1.29, 1.82) is 0 Å². The molecule has 0 amide bonds. The van der Waals surface area contributed by atoms with E-state index in [0.717, 1.165) is 18.2 Å². The van der Waals surface area contributed by atoms with Gasteiger partial charge in [0, 0.05) is 45.6 Å². The summed E-state index contributed by atoms with van der Waals surface area (Å²) in [6.45, 7) is 12.6. The van der Waals surface area contributed by atoms with Crippen LogP contribution in [0.15, 0.2) is 15.7 Å². The molecule has 0 fully saturated rings. The molecule has 1 unspecified atom stereocenters. The predicted octanol–water partition coefficient (Wildman–Crippen LogP) is 3.24. The second-order valence-corrected chi connectivity index (χ2v) is 7.04. The van der Waals surface area contributed by atoms with Crippen molar-refractivity contribution in [2.75, 3.05) is 20.2 Å². The van der Waals surface area contributed by atoms with Gasteiger partial charge in [-0.3, -0.25) is 4.68 Å². The fraction of sp³-hybridized carbons (Fsp3) is 0.684. The first-order chi connectivity index (χ1) is 13.3. The van der Waals surface area contributed by atoms with E-state index in [0.29, 0.717) is 37.3 Å². The third kappa shape index (κ3) is 7.25. The van der Waals surface area contributed by atoms with Crippen LogP contribution in [0.25, 0.3) is 0 Å². The number of hydrogen-bond acceptors (Lipinski definition) is 6. The van der Waals surface area contributed by atoms with E-state index in [1.165, 1.54) is 5.56 Å². The molecule has 2 aromatic heterocycles. The maximum absolute atomic E-state index is 5.49. The Morgan fingerprint density at radius 1 is 1.34 bits per heavy atom. The number of aliphatic imine (C=N–C) groups is 1. The Morgan fingerprint density at radius 3 is 2.69 bits per heavy atom. The first-order valence-corrected chi connectivity index (χ1v) is 9.81. The Hall–Kier alpha value is -1.69. The summed E-state index contributed by atoms with van der Waals surface area (Å²) in [7, 11) is 3.96. The Labute approximate surface area is 190 Å². The van der Waals surface area contributed by atoms with Crippen LogP contribution < -0.4 is 5.32 Å². The highest BCUT2D eigenvalue weighted by molar-refractivity contribution is 14.0. The third-order valence-corrected chi connectivity index (χ3v) is 4.22. The fourth-order valence-electron chi connectivity index (χ4n) is 2.93. The minimum atomic E-state index is -0.192. The van der Waals surface area contributed by atoms with Crippen molar-refractivity contribution in [3.63, 3.8) is 0 Å². The van der Waals surface area contributed by atoms with Crippen molar-refractivity contribution in [3.8, 4) is 0 Å². The summed E-state index contributed by atoms with van der Waals surface area (Å²) in [5.74, 6) is 2.16. The van der Waals surface area contributed by atoms with Crippen LogP contribution in [0.3, 0.4) is 0 Å². The van der Waals surface area contributed by atoms with Gasteiger partial charge in [0.25, 0.3) is 0 Å². The minimum Gasteiger partial charge on any atom is -0.371 e. The molecule has 1 atom stereocenters. The number of halogens is 1. The van der Waals surface area contributed by atoms with Crippen molar-refractivity contribution in [2.45, 2.75) is 59.7 Å². The van der Waals surface area contributed by atoms with Crippen LogP contribution >= 0.6 is 24.0 Å². The molecular formula is C19H34IN7O2. The van der Waals surface area contributed by atoms with Crippen molar-refractivity contribution in [3.05, 3.63) is 29.2 Å². The summed E-state index contributed by atoms with van der Waals surface area (Å²) < 4.78 is 12.7. The zero-order chi connectivity index (χ0) is 20.7. The molecule has 0 bridgehead atoms. The van der Waals surface area contributed by atoms with Gasteiger partial charge in [-0.1, -0.05) is 19.0 Å². The van der Waals surface area contributed by atoms with Gasteiger partial charge in [0.15, 0.2) is 11.8 Å². The second-order valence-electron chi connectivity index (χ2n) is 7.04. The monoisotopic (exact) mass is 519 g/mol. The van der Waals surface area contributed by atoms with E-state index in [4.69, 9.17) is 9.26 Å². The lowest BCUT2D eigenvalue weighted by atomic mass is 10.1. The number of ether oxygens (including phenoxy) is 1. The van der Waals surface area contributed by atoms with Gasteiger partial charge in [0.05, 0.1) is 5.69 Å². The summed E-state index contributed by atoms with van der Waals surface area (Å²) in [6.07, 6.45) is 1.87. The largest absolute Gasteiger partial charge is 0.371 e. The lowest BCUT2D eigenvalue weighted by Gasteiger charge is -2.22. The van der Waals surface area contributed by atoms with Crippen molar-refractivity contribution in [1.82, 2.24) is 30.1 Å². The van der Waals surface area contributed by atoms with Gasteiger partial charge in [0.2, 0.25) is 5.89 Å². The zero-order valence-electron chi connectivity index (χ0n) is 18.5. The van der Waals surface area contributed by atoms with Crippen LogP contribution in [0.4, 0.5) is 0 Å². The summed E-state index contributed by atoms with van der Waals surface area (Å²) in [4.78, 5) is 11.1. The van der Waals surface area contributed by atoms with Gasteiger partial charge in [-0.2, -0.15) is 10.1 Å². The second kappa shape index (κ2) is 12.1. The summed E-state index contributed by atoms with van der Waals surface area (Å²) >= 11 is 0. The number of aryl methyl sites for hydroxylation is 1. The molecule has 2 heterocycles. The topological polar surface area (TPSA) is 93.6 Å². The first-order valence-electron chi connectivity index (χ1n) is 9.81. The molecule has 10 heteroatoms. The van der Waals surface area contributed by atoms with Gasteiger partial charge in [-0.05, 0) is 26.7 Å². The van der Waals surface area contributed by atoms with E-state index >= 15 is 0 Å². The smallest absolute Gasteiger partial charge is 0.248 e. The maximum atomic E-state index is 5.49. The number of nitrogens with one attached hydrogen (secondary N) is 1. The standard InChI is InChI=1S/C19H33N7O2.HI/c1-8-20-19(21-10-16-22-18(24-28-16)14(5)27-9-2)25(6)11-15-12-26(7)23-17(15)13(3)4;/h12-14H,8-11H2,1-7H3,(H,20,21);1H. The van der Waals surface area contributed by atoms with Gasteiger partial charge < -0.3 is 19.5 Å². The Bertz CT molecular complexity index is 772. The molecule has 0 saturated heterocycles. The lowest BCUT2D eigenvalue weighted by molar-refractivity contribution is 0.0683. The van der Waals surface area contributed by atoms with Crippen molar-refractivity contribution < 1.29 is 9.26 Å². The van der Waals surface area contributed by atoms with Crippen LogP contribution in [-0.4, -0.2) is 51.0 Å². The fourth-order valence-corrected chi connectivity index (χ4v) is 2.93. The third-order valence-electron chi connectivity index (χ3n) is 4.22. The molecule has 0 aliphatic carbocycles. The van der Waals surface area contributed by atoms with E-state index < -0.39 is 0 Å². The van der Waals surface area contributed by atoms with E-state index in [1.54, 1.807) is 0 Å². The Kier molecular flexibility index (Phi) is 10.6. The van der Waals surface area contributed by atoms with Gasteiger partial charge in [-0.15, -0.1) is 24.0 Å². The highest BCUT2D eigenvalue weighted by Gasteiger charge is 2.16. The molecule has 2 rings (SSSR count).